The van der Waals surface area contributed by atoms with E-state index < -0.39 is 10.8 Å². The molecule has 1 saturated heterocycles. The Morgan fingerprint density at radius 2 is 2.32 bits per heavy atom. The highest BCUT2D eigenvalue weighted by atomic mass is 16.6. The predicted octanol–water partition coefficient (Wildman–Crippen LogP) is 1.04. The molecule has 7 nitrogen and oxygen atoms in total. The molecule has 0 spiro atoms. The van der Waals surface area contributed by atoms with Crippen molar-refractivity contribution in [2.75, 3.05) is 26.0 Å². The summed E-state index contributed by atoms with van der Waals surface area (Å²) in [5.41, 5.74) is 5.71. The Hall–Kier alpha value is -2.15. The molecule has 1 aliphatic rings. The fourth-order valence-electron chi connectivity index (χ4n) is 2.07. The molecule has 1 aromatic carbocycles. The fraction of sp³-hybridized carbons (Fsp3) is 0.417. The van der Waals surface area contributed by atoms with E-state index >= 15 is 0 Å². The number of nitrogens with two attached hydrogens (primary N) is 1. The standard InChI is InChI=1S/C12H15N3O4/c1-14(9-4-5-19-7-9)12(16)10-6-8(13)2-3-11(10)15(17)18/h2-3,6,9H,4-5,7,13H2,1H3. The third kappa shape index (κ3) is 2.65. The number of nitro benzene ring substituents is 1. The van der Waals surface area contributed by atoms with Crippen LogP contribution in [0.4, 0.5) is 11.4 Å². The molecular weight excluding hydrogens is 250 g/mol. The van der Waals surface area contributed by atoms with Crippen LogP contribution in [0.25, 0.3) is 0 Å². The smallest absolute Gasteiger partial charge is 0.282 e. The van der Waals surface area contributed by atoms with Gasteiger partial charge in [-0.15, -0.1) is 0 Å². The maximum Gasteiger partial charge on any atom is 0.282 e. The summed E-state index contributed by atoms with van der Waals surface area (Å²) in [6.45, 7) is 1.06. The van der Waals surface area contributed by atoms with Crippen molar-refractivity contribution >= 4 is 17.3 Å². The minimum absolute atomic E-state index is 0.0133. The summed E-state index contributed by atoms with van der Waals surface area (Å²) in [6, 6.07) is 3.95. The van der Waals surface area contributed by atoms with E-state index in [4.69, 9.17) is 10.5 Å². The van der Waals surface area contributed by atoms with Crippen molar-refractivity contribution in [2.45, 2.75) is 12.5 Å². The highest BCUT2D eigenvalue weighted by Gasteiger charge is 2.29. The van der Waals surface area contributed by atoms with Gasteiger partial charge < -0.3 is 15.4 Å². The number of anilines is 1. The molecule has 1 atom stereocenters. The number of carbonyl (C=O) groups is 1. The van der Waals surface area contributed by atoms with Crippen LogP contribution in [0.3, 0.4) is 0 Å². The molecule has 1 amide bonds. The van der Waals surface area contributed by atoms with Gasteiger partial charge in [-0.2, -0.15) is 0 Å². The van der Waals surface area contributed by atoms with Crippen LogP contribution in [0, 0.1) is 10.1 Å². The van der Waals surface area contributed by atoms with E-state index in [0.717, 1.165) is 6.42 Å². The summed E-state index contributed by atoms with van der Waals surface area (Å²) in [4.78, 5) is 24.2. The first-order chi connectivity index (χ1) is 9.00. The van der Waals surface area contributed by atoms with E-state index in [1.54, 1.807) is 7.05 Å². The molecule has 2 rings (SSSR count). The minimum Gasteiger partial charge on any atom is -0.399 e. The molecule has 7 heteroatoms. The fourth-order valence-corrected chi connectivity index (χ4v) is 2.07. The maximum atomic E-state index is 12.3. The van der Waals surface area contributed by atoms with Crippen molar-refractivity contribution in [1.29, 1.82) is 0 Å². The molecule has 1 heterocycles. The van der Waals surface area contributed by atoms with Crippen molar-refractivity contribution in [3.05, 3.63) is 33.9 Å². The van der Waals surface area contributed by atoms with Gasteiger partial charge in [0.15, 0.2) is 0 Å². The van der Waals surface area contributed by atoms with Gasteiger partial charge in [-0.1, -0.05) is 0 Å². The van der Waals surface area contributed by atoms with Gasteiger partial charge in [0.05, 0.1) is 17.6 Å². The Labute approximate surface area is 110 Å². The molecule has 1 unspecified atom stereocenters. The molecule has 0 aromatic heterocycles. The summed E-state index contributed by atoms with van der Waals surface area (Å²) >= 11 is 0. The van der Waals surface area contributed by atoms with Crippen molar-refractivity contribution in [1.82, 2.24) is 4.90 Å². The number of carbonyl (C=O) groups excluding carboxylic acids is 1. The van der Waals surface area contributed by atoms with E-state index in [0.29, 0.717) is 18.9 Å². The van der Waals surface area contributed by atoms with E-state index in [1.165, 1.54) is 23.1 Å². The van der Waals surface area contributed by atoms with Crippen molar-refractivity contribution < 1.29 is 14.5 Å². The monoisotopic (exact) mass is 265 g/mol. The quantitative estimate of drug-likeness (QED) is 0.500. The van der Waals surface area contributed by atoms with Gasteiger partial charge in [-0.25, -0.2) is 0 Å². The Bertz CT molecular complexity index is 512. The number of hydrogen-bond acceptors (Lipinski definition) is 5. The largest absolute Gasteiger partial charge is 0.399 e. The second kappa shape index (κ2) is 5.23. The molecule has 19 heavy (non-hydrogen) atoms. The number of nitrogen functional groups attached to an aromatic ring is 1. The molecular formula is C12H15N3O4. The third-order valence-electron chi connectivity index (χ3n) is 3.22. The molecule has 1 aromatic rings. The molecule has 102 valence electrons. The molecule has 0 bridgehead atoms. The molecule has 2 N–H and O–H groups in total. The Balaban J connectivity index is 2.31. The normalized spacial score (nSPS) is 18.3. The highest BCUT2D eigenvalue weighted by Crippen LogP contribution is 2.24. The number of benzene rings is 1. The zero-order valence-corrected chi connectivity index (χ0v) is 10.5. The van der Waals surface area contributed by atoms with E-state index in [-0.39, 0.29) is 17.3 Å². The van der Waals surface area contributed by atoms with Gasteiger partial charge in [-0.3, -0.25) is 14.9 Å². The summed E-state index contributed by atoms with van der Waals surface area (Å²) in [5.74, 6) is -0.408. The van der Waals surface area contributed by atoms with Crippen LogP contribution in [-0.4, -0.2) is 42.0 Å². The van der Waals surface area contributed by atoms with Crippen LogP contribution in [0.2, 0.25) is 0 Å². The summed E-state index contributed by atoms with van der Waals surface area (Å²) in [7, 11) is 1.62. The Morgan fingerprint density at radius 1 is 1.58 bits per heavy atom. The zero-order chi connectivity index (χ0) is 14.0. The first-order valence-corrected chi connectivity index (χ1v) is 5.89. The summed E-state index contributed by atoms with van der Waals surface area (Å²) in [5, 5.41) is 11.0. The van der Waals surface area contributed by atoms with Crippen LogP contribution in [0.1, 0.15) is 16.8 Å². The molecule has 0 radical (unpaired) electrons. The van der Waals surface area contributed by atoms with Gasteiger partial charge in [0.2, 0.25) is 0 Å². The number of nitrogens with zero attached hydrogens (tertiary/aromatic N) is 2. The van der Waals surface area contributed by atoms with E-state index in [9.17, 15) is 14.9 Å². The molecule has 1 aliphatic heterocycles. The number of ether oxygens (including phenoxy) is 1. The number of likely N-dealkylation sites (N-methyl/N-ethyl adjacent to an activating group) is 1. The zero-order valence-electron chi connectivity index (χ0n) is 10.5. The molecule has 0 aliphatic carbocycles. The average Bonchev–Trinajstić information content (AvgIpc) is 2.90. The number of amides is 1. The maximum absolute atomic E-state index is 12.3. The SMILES string of the molecule is CN(C(=O)c1cc(N)ccc1[N+](=O)[O-])C1CCOC1. The summed E-state index contributed by atoms with van der Waals surface area (Å²) < 4.78 is 5.21. The topological polar surface area (TPSA) is 98.7 Å². The third-order valence-corrected chi connectivity index (χ3v) is 3.22. The van der Waals surface area contributed by atoms with Crippen molar-refractivity contribution in [3.63, 3.8) is 0 Å². The van der Waals surface area contributed by atoms with Crippen LogP contribution >= 0.6 is 0 Å². The number of nitro groups is 1. The predicted molar refractivity (Wildman–Crippen MR) is 68.8 cm³/mol. The van der Waals surface area contributed by atoms with Crippen LogP contribution in [-0.2, 0) is 4.74 Å². The second-order valence-corrected chi connectivity index (χ2v) is 4.47. The van der Waals surface area contributed by atoms with Gasteiger partial charge in [0, 0.05) is 25.4 Å². The van der Waals surface area contributed by atoms with Gasteiger partial charge in [0.1, 0.15) is 5.56 Å². The lowest BCUT2D eigenvalue weighted by atomic mass is 10.1. The van der Waals surface area contributed by atoms with E-state index in [1.807, 2.05) is 0 Å². The average molecular weight is 265 g/mol. The van der Waals surface area contributed by atoms with Gasteiger partial charge in [0.25, 0.3) is 11.6 Å². The lowest BCUT2D eigenvalue weighted by Gasteiger charge is -2.23. The Morgan fingerprint density at radius 3 is 2.89 bits per heavy atom. The van der Waals surface area contributed by atoms with Crippen LogP contribution < -0.4 is 5.73 Å². The van der Waals surface area contributed by atoms with Crippen molar-refractivity contribution in [2.24, 2.45) is 0 Å². The van der Waals surface area contributed by atoms with Crippen LogP contribution in [0.15, 0.2) is 18.2 Å². The van der Waals surface area contributed by atoms with Crippen LogP contribution in [0.5, 0.6) is 0 Å². The van der Waals surface area contributed by atoms with Gasteiger partial charge >= 0.3 is 0 Å². The minimum atomic E-state index is -0.578. The highest BCUT2D eigenvalue weighted by molar-refractivity contribution is 5.99. The lowest BCUT2D eigenvalue weighted by molar-refractivity contribution is -0.385. The second-order valence-electron chi connectivity index (χ2n) is 4.47. The lowest BCUT2D eigenvalue weighted by Crippen LogP contribution is -2.37. The summed E-state index contributed by atoms with van der Waals surface area (Å²) in [6.07, 6.45) is 0.734. The first-order valence-electron chi connectivity index (χ1n) is 5.89. The molecule has 1 fully saturated rings. The number of hydrogen-bond donors (Lipinski definition) is 1. The van der Waals surface area contributed by atoms with Gasteiger partial charge in [-0.05, 0) is 18.6 Å². The Kier molecular flexibility index (Phi) is 3.66. The van der Waals surface area contributed by atoms with Crippen molar-refractivity contribution in [3.8, 4) is 0 Å². The van der Waals surface area contributed by atoms with E-state index in [2.05, 4.69) is 0 Å². The first kappa shape index (κ1) is 13.3. The number of rotatable bonds is 3. The molecule has 0 saturated carbocycles.